The van der Waals surface area contributed by atoms with E-state index in [1.165, 1.54) is 11.0 Å². The van der Waals surface area contributed by atoms with Gasteiger partial charge in [-0.05, 0) is 26.0 Å². The van der Waals surface area contributed by atoms with E-state index in [1.54, 1.807) is 0 Å². The van der Waals surface area contributed by atoms with Gasteiger partial charge >= 0.3 is 0 Å². The van der Waals surface area contributed by atoms with Crippen LogP contribution in [0.2, 0.25) is 0 Å². The Kier molecular flexibility index (Phi) is 1.63. The first kappa shape index (κ1) is 8.53. The Hall–Kier alpha value is -1.77. The van der Waals surface area contributed by atoms with Gasteiger partial charge in [0.05, 0.1) is 16.7 Å². The highest BCUT2D eigenvalue weighted by Crippen LogP contribution is 2.20. The third-order valence-corrected chi connectivity index (χ3v) is 2.80. The minimum atomic E-state index is 0.952. The fourth-order valence-corrected chi connectivity index (χ4v) is 2.17. The van der Waals surface area contributed by atoms with Crippen LogP contribution in [0, 0.1) is 6.92 Å². The summed E-state index contributed by atoms with van der Waals surface area (Å²) in [5.41, 5.74) is 3.55. The van der Waals surface area contributed by atoms with E-state index in [-0.39, 0.29) is 0 Å². The number of fused-ring (bicyclic) bond motifs is 3. The lowest BCUT2D eigenvalue weighted by molar-refractivity contribution is 0.806. The second kappa shape index (κ2) is 2.86. The maximum Gasteiger partial charge on any atom is 0.215 e. The lowest BCUT2D eigenvalue weighted by Crippen LogP contribution is -1.94. The third-order valence-electron chi connectivity index (χ3n) is 2.80. The molecule has 3 nitrogen and oxygen atoms in total. The summed E-state index contributed by atoms with van der Waals surface area (Å²) in [6, 6.07) is 8.41. The number of imidazole rings is 2. The van der Waals surface area contributed by atoms with E-state index in [0.717, 1.165) is 18.0 Å². The zero-order valence-electron chi connectivity index (χ0n) is 8.94. The standard InChI is InChI=1S/C12H13N3/c1-3-14-10-6-4-5-7-11(10)15-8-9(2)13-12(14)15/h4-8H,3H2,1-2H3. The molecule has 0 amide bonds. The highest BCUT2D eigenvalue weighted by molar-refractivity contribution is 5.80. The molecular formula is C12H13N3. The van der Waals surface area contributed by atoms with Gasteiger partial charge in [-0.3, -0.25) is 4.40 Å². The van der Waals surface area contributed by atoms with E-state index in [4.69, 9.17) is 0 Å². The van der Waals surface area contributed by atoms with Crippen molar-refractivity contribution in [2.75, 3.05) is 0 Å². The summed E-state index contributed by atoms with van der Waals surface area (Å²) in [7, 11) is 0. The van der Waals surface area contributed by atoms with E-state index < -0.39 is 0 Å². The Labute approximate surface area is 88.0 Å². The summed E-state index contributed by atoms with van der Waals surface area (Å²) < 4.78 is 4.40. The molecule has 0 bridgehead atoms. The van der Waals surface area contributed by atoms with Crippen LogP contribution in [0.4, 0.5) is 0 Å². The minimum Gasteiger partial charge on any atom is -0.310 e. The van der Waals surface area contributed by atoms with E-state index in [0.29, 0.717) is 0 Å². The van der Waals surface area contributed by atoms with Crippen LogP contribution in [0.3, 0.4) is 0 Å². The minimum absolute atomic E-state index is 0.952. The highest BCUT2D eigenvalue weighted by Gasteiger charge is 2.10. The number of hydrogen-bond acceptors (Lipinski definition) is 1. The summed E-state index contributed by atoms with van der Waals surface area (Å²) in [6.45, 7) is 5.13. The summed E-state index contributed by atoms with van der Waals surface area (Å²) in [4.78, 5) is 4.55. The average molecular weight is 199 g/mol. The van der Waals surface area contributed by atoms with Crippen molar-refractivity contribution >= 4 is 16.8 Å². The van der Waals surface area contributed by atoms with Gasteiger partial charge in [0.15, 0.2) is 0 Å². The molecule has 0 spiro atoms. The highest BCUT2D eigenvalue weighted by atomic mass is 15.2. The van der Waals surface area contributed by atoms with Crippen LogP contribution in [-0.2, 0) is 6.54 Å². The number of aromatic nitrogens is 3. The predicted octanol–water partition coefficient (Wildman–Crippen LogP) is 2.62. The molecule has 0 atom stereocenters. The molecule has 2 heterocycles. The molecule has 1 aromatic carbocycles. The normalized spacial score (nSPS) is 11.6. The van der Waals surface area contributed by atoms with Crippen molar-refractivity contribution in [3.05, 3.63) is 36.2 Å². The molecule has 3 heteroatoms. The van der Waals surface area contributed by atoms with Crippen molar-refractivity contribution in [1.82, 2.24) is 14.0 Å². The second-order valence-corrected chi connectivity index (χ2v) is 3.79. The lowest BCUT2D eigenvalue weighted by atomic mass is 10.3. The van der Waals surface area contributed by atoms with Gasteiger partial charge in [0.2, 0.25) is 5.78 Å². The summed E-state index contributed by atoms with van der Waals surface area (Å²) in [5, 5.41) is 0. The number of nitrogens with zero attached hydrogens (tertiary/aromatic N) is 3. The Bertz CT molecular complexity index is 631. The van der Waals surface area contributed by atoms with Crippen LogP contribution in [0.1, 0.15) is 12.6 Å². The zero-order chi connectivity index (χ0) is 10.4. The molecule has 3 rings (SSSR count). The molecule has 76 valence electrons. The van der Waals surface area contributed by atoms with Crippen molar-refractivity contribution in [3.63, 3.8) is 0 Å². The number of benzene rings is 1. The van der Waals surface area contributed by atoms with Gasteiger partial charge in [-0.25, -0.2) is 4.98 Å². The van der Waals surface area contributed by atoms with Crippen molar-refractivity contribution in [3.8, 4) is 0 Å². The van der Waals surface area contributed by atoms with Gasteiger partial charge in [-0.1, -0.05) is 12.1 Å². The Morgan fingerprint density at radius 1 is 1.20 bits per heavy atom. The van der Waals surface area contributed by atoms with Crippen LogP contribution >= 0.6 is 0 Å². The van der Waals surface area contributed by atoms with E-state index in [1.807, 2.05) is 6.92 Å². The zero-order valence-corrected chi connectivity index (χ0v) is 8.94. The third kappa shape index (κ3) is 1.03. The van der Waals surface area contributed by atoms with Crippen molar-refractivity contribution in [1.29, 1.82) is 0 Å². The van der Waals surface area contributed by atoms with Crippen LogP contribution in [-0.4, -0.2) is 14.0 Å². The number of para-hydroxylation sites is 2. The number of hydrogen-bond donors (Lipinski definition) is 0. The maximum absolute atomic E-state index is 4.55. The predicted molar refractivity (Wildman–Crippen MR) is 61.1 cm³/mol. The molecular weight excluding hydrogens is 186 g/mol. The van der Waals surface area contributed by atoms with Crippen molar-refractivity contribution < 1.29 is 0 Å². The van der Waals surface area contributed by atoms with Gasteiger partial charge in [0.25, 0.3) is 0 Å². The molecule has 0 radical (unpaired) electrons. The fraction of sp³-hybridized carbons (Fsp3) is 0.250. The Morgan fingerprint density at radius 3 is 2.67 bits per heavy atom. The first-order valence-electron chi connectivity index (χ1n) is 5.24. The number of rotatable bonds is 1. The molecule has 0 aliphatic heterocycles. The summed E-state index contributed by atoms with van der Waals surface area (Å²) >= 11 is 0. The van der Waals surface area contributed by atoms with Crippen molar-refractivity contribution in [2.45, 2.75) is 20.4 Å². The maximum atomic E-state index is 4.55. The van der Waals surface area contributed by atoms with E-state index >= 15 is 0 Å². The molecule has 0 aliphatic rings. The van der Waals surface area contributed by atoms with Gasteiger partial charge in [0.1, 0.15) is 0 Å². The van der Waals surface area contributed by atoms with Gasteiger partial charge in [0, 0.05) is 12.7 Å². The molecule has 2 aromatic heterocycles. The van der Waals surface area contributed by atoms with E-state index in [9.17, 15) is 0 Å². The number of aryl methyl sites for hydroxylation is 2. The molecule has 0 saturated heterocycles. The largest absolute Gasteiger partial charge is 0.310 e. The molecule has 0 aliphatic carbocycles. The summed E-state index contributed by atoms with van der Waals surface area (Å²) in [6.07, 6.45) is 2.09. The second-order valence-electron chi connectivity index (χ2n) is 3.79. The average Bonchev–Trinajstić information content (AvgIpc) is 2.73. The molecule has 0 unspecified atom stereocenters. The molecule has 3 aromatic rings. The van der Waals surface area contributed by atoms with Crippen LogP contribution < -0.4 is 0 Å². The molecule has 15 heavy (non-hydrogen) atoms. The monoisotopic (exact) mass is 199 g/mol. The Morgan fingerprint density at radius 2 is 1.93 bits per heavy atom. The molecule has 0 saturated carbocycles. The Balaban J connectivity index is 2.58. The summed E-state index contributed by atoms with van der Waals surface area (Å²) in [5.74, 6) is 1.04. The van der Waals surface area contributed by atoms with Crippen LogP contribution in [0.5, 0.6) is 0 Å². The van der Waals surface area contributed by atoms with Crippen LogP contribution in [0.25, 0.3) is 16.8 Å². The smallest absolute Gasteiger partial charge is 0.215 e. The van der Waals surface area contributed by atoms with Gasteiger partial charge < -0.3 is 4.57 Å². The van der Waals surface area contributed by atoms with E-state index in [2.05, 4.69) is 51.3 Å². The molecule has 0 fully saturated rings. The fourth-order valence-electron chi connectivity index (χ4n) is 2.17. The lowest BCUT2D eigenvalue weighted by Gasteiger charge is -1.98. The van der Waals surface area contributed by atoms with Gasteiger partial charge in [-0.15, -0.1) is 0 Å². The first-order valence-corrected chi connectivity index (χ1v) is 5.24. The first-order chi connectivity index (χ1) is 7.31. The topological polar surface area (TPSA) is 22.2 Å². The SMILES string of the molecule is CCn1c2ccccc2n2cc(C)nc12. The molecule has 0 N–H and O–H groups in total. The quantitative estimate of drug-likeness (QED) is 0.590. The van der Waals surface area contributed by atoms with Crippen molar-refractivity contribution in [2.24, 2.45) is 0 Å². The van der Waals surface area contributed by atoms with Gasteiger partial charge in [-0.2, -0.15) is 0 Å². The van der Waals surface area contributed by atoms with Crippen LogP contribution in [0.15, 0.2) is 30.5 Å².